The Morgan fingerprint density at radius 3 is 2.83 bits per heavy atom. The molecule has 1 N–H and O–H groups in total. The van der Waals surface area contributed by atoms with Crippen LogP contribution >= 0.6 is 11.3 Å². The minimum Gasteiger partial charge on any atom is -0.480 e. The van der Waals surface area contributed by atoms with Crippen LogP contribution in [0.3, 0.4) is 0 Å². The average molecular weight is 332 g/mol. The van der Waals surface area contributed by atoms with Crippen molar-refractivity contribution in [1.82, 2.24) is 14.6 Å². The summed E-state index contributed by atoms with van der Waals surface area (Å²) in [5.74, 6) is -1.11. The number of carboxylic acids is 1. The van der Waals surface area contributed by atoms with E-state index >= 15 is 0 Å². The van der Waals surface area contributed by atoms with Gasteiger partial charge in [-0.05, 0) is 37.1 Å². The van der Waals surface area contributed by atoms with Gasteiger partial charge < -0.3 is 10.0 Å². The fourth-order valence-electron chi connectivity index (χ4n) is 2.82. The van der Waals surface area contributed by atoms with Crippen molar-refractivity contribution in [2.45, 2.75) is 18.9 Å². The molecule has 4 rings (SSSR count). The number of anilines is 1. The highest BCUT2D eigenvalue weighted by atomic mass is 32.1. The normalized spacial score (nSPS) is 18.0. The number of benzene rings is 1. The molecule has 3 aromatic rings. The molecule has 3 heterocycles. The molecule has 1 aromatic carbocycles. The Balaban J connectivity index is 1.66. The molecular formula is C15H13FN4O2S. The predicted molar refractivity (Wildman–Crippen MR) is 84.3 cm³/mol. The second-order valence-electron chi connectivity index (χ2n) is 5.43. The third-order valence-corrected chi connectivity index (χ3v) is 4.92. The average Bonchev–Trinajstić information content (AvgIpc) is 3.21. The van der Waals surface area contributed by atoms with Gasteiger partial charge in [0.2, 0.25) is 10.1 Å². The van der Waals surface area contributed by atoms with Gasteiger partial charge in [0.1, 0.15) is 11.9 Å². The van der Waals surface area contributed by atoms with Crippen LogP contribution in [0.25, 0.3) is 16.2 Å². The Morgan fingerprint density at radius 1 is 1.35 bits per heavy atom. The molecule has 8 heteroatoms. The van der Waals surface area contributed by atoms with Crippen molar-refractivity contribution in [1.29, 1.82) is 0 Å². The maximum Gasteiger partial charge on any atom is 0.326 e. The molecule has 23 heavy (non-hydrogen) atoms. The van der Waals surface area contributed by atoms with Crippen LogP contribution in [0.2, 0.25) is 0 Å². The lowest BCUT2D eigenvalue weighted by molar-refractivity contribution is -0.138. The van der Waals surface area contributed by atoms with Gasteiger partial charge in [-0.1, -0.05) is 11.3 Å². The smallest absolute Gasteiger partial charge is 0.326 e. The van der Waals surface area contributed by atoms with Gasteiger partial charge in [-0.15, -0.1) is 5.10 Å². The number of rotatable bonds is 3. The van der Waals surface area contributed by atoms with Crippen LogP contribution in [0, 0.1) is 5.82 Å². The number of carbonyl (C=O) groups is 1. The zero-order valence-electron chi connectivity index (χ0n) is 12.0. The van der Waals surface area contributed by atoms with Gasteiger partial charge in [0.05, 0.1) is 11.9 Å². The van der Waals surface area contributed by atoms with Gasteiger partial charge in [-0.3, -0.25) is 0 Å². The third kappa shape index (κ3) is 2.44. The molecule has 0 aliphatic carbocycles. The Bertz CT molecular complexity index is 842. The predicted octanol–water partition coefficient (Wildman–Crippen LogP) is 2.65. The Morgan fingerprint density at radius 2 is 2.13 bits per heavy atom. The number of carboxylic acid groups (broad SMARTS) is 1. The van der Waals surface area contributed by atoms with Gasteiger partial charge in [-0.2, -0.15) is 0 Å². The molecule has 6 nitrogen and oxygen atoms in total. The highest BCUT2D eigenvalue weighted by molar-refractivity contribution is 7.20. The van der Waals surface area contributed by atoms with E-state index in [1.165, 1.54) is 23.5 Å². The summed E-state index contributed by atoms with van der Waals surface area (Å²) < 4.78 is 14.6. The van der Waals surface area contributed by atoms with E-state index in [1.807, 2.05) is 4.90 Å². The zero-order chi connectivity index (χ0) is 16.0. The lowest BCUT2D eigenvalue weighted by Gasteiger charge is -2.19. The summed E-state index contributed by atoms with van der Waals surface area (Å²) in [6.07, 6.45) is 3.26. The lowest BCUT2D eigenvalue weighted by atomic mass is 10.2. The molecule has 2 aromatic heterocycles. The number of hydrogen-bond donors (Lipinski definition) is 1. The van der Waals surface area contributed by atoms with Crippen molar-refractivity contribution in [3.63, 3.8) is 0 Å². The van der Waals surface area contributed by atoms with Crippen LogP contribution in [0.5, 0.6) is 0 Å². The van der Waals surface area contributed by atoms with E-state index < -0.39 is 12.0 Å². The van der Waals surface area contributed by atoms with E-state index in [1.54, 1.807) is 22.8 Å². The van der Waals surface area contributed by atoms with Gasteiger partial charge in [-0.25, -0.2) is 18.7 Å². The molecule has 1 unspecified atom stereocenters. The van der Waals surface area contributed by atoms with E-state index in [2.05, 4.69) is 10.1 Å². The lowest BCUT2D eigenvalue weighted by Crippen LogP contribution is -2.35. The number of nitrogens with zero attached hydrogens (tertiary/aromatic N) is 4. The molecule has 1 fully saturated rings. The highest BCUT2D eigenvalue weighted by Crippen LogP contribution is 2.31. The van der Waals surface area contributed by atoms with Crippen molar-refractivity contribution >= 4 is 27.4 Å². The monoisotopic (exact) mass is 332 g/mol. The summed E-state index contributed by atoms with van der Waals surface area (Å²) in [5, 5.41) is 14.4. The first-order chi connectivity index (χ1) is 11.1. The minimum absolute atomic E-state index is 0.288. The minimum atomic E-state index is -0.817. The van der Waals surface area contributed by atoms with Crippen LogP contribution < -0.4 is 4.90 Å². The van der Waals surface area contributed by atoms with Gasteiger partial charge in [0.15, 0.2) is 0 Å². The molecule has 0 saturated carbocycles. The molecule has 0 amide bonds. The summed E-state index contributed by atoms with van der Waals surface area (Å²) in [5.41, 5.74) is 1.53. The highest BCUT2D eigenvalue weighted by Gasteiger charge is 2.32. The van der Waals surface area contributed by atoms with Crippen molar-refractivity contribution < 1.29 is 14.3 Å². The van der Waals surface area contributed by atoms with Gasteiger partial charge >= 0.3 is 5.97 Å². The number of fused-ring (bicyclic) bond motifs is 1. The first kappa shape index (κ1) is 14.1. The molecular weight excluding hydrogens is 319 g/mol. The molecule has 1 atom stereocenters. The molecule has 118 valence electrons. The summed E-state index contributed by atoms with van der Waals surface area (Å²) in [7, 11) is 0. The standard InChI is InChI=1S/C15H13FN4O2S/c16-10-5-3-9(4-6-10)11-8-20-14(17-11)23-15(18-20)19-7-1-2-12(19)13(21)22/h3-6,8,12H,1-2,7H2,(H,21,22). The third-order valence-electron chi connectivity index (χ3n) is 3.96. The molecule has 1 aliphatic heterocycles. The van der Waals surface area contributed by atoms with Crippen LogP contribution in [0.4, 0.5) is 9.52 Å². The van der Waals surface area contributed by atoms with Crippen LogP contribution in [-0.2, 0) is 4.79 Å². The fraction of sp³-hybridized carbons (Fsp3) is 0.267. The summed E-state index contributed by atoms with van der Waals surface area (Å²) in [6.45, 7) is 0.693. The number of aliphatic carboxylic acids is 1. The molecule has 0 radical (unpaired) electrons. The van der Waals surface area contributed by atoms with Crippen LogP contribution in [-0.4, -0.2) is 38.3 Å². The molecule has 0 bridgehead atoms. The summed E-state index contributed by atoms with van der Waals surface area (Å²) in [4.78, 5) is 18.3. The molecule has 0 spiro atoms. The van der Waals surface area contributed by atoms with Crippen molar-refractivity contribution in [3.05, 3.63) is 36.3 Å². The maximum atomic E-state index is 13.0. The van der Waals surface area contributed by atoms with E-state index in [0.717, 1.165) is 12.0 Å². The second-order valence-corrected chi connectivity index (χ2v) is 6.37. The first-order valence-corrected chi connectivity index (χ1v) is 8.05. The molecule has 1 saturated heterocycles. The fourth-order valence-corrected chi connectivity index (χ4v) is 3.78. The van der Waals surface area contributed by atoms with Crippen LogP contribution in [0.1, 0.15) is 12.8 Å². The SMILES string of the molecule is O=C(O)C1CCCN1c1nn2cc(-c3ccc(F)cc3)nc2s1. The number of halogens is 1. The number of aromatic nitrogens is 3. The largest absolute Gasteiger partial charge is 0.480 e. The van der Waals surface area contributed by atoms with E-state index in [4.69, 9.17) is 0 Å². The van der Waals surface area contributed by atoms with Crippen molar-refractivity contribution in [3.8, 4) is 11.3 Å². The van der Waals surface area contributed by atoms with Gasteiger partial charge in [0.25, 0.3) is 0 Å². The zero-order valence-corrected chi connectivity index (χ0v) is 12.8. The van der Waals surface area contributed by atoms with Gasteiger partial charge in [0, 0.05) is 12.1 Å². The van der Waals surface area contributed by atoms with E-state index in [9.17, 15) is 14.3 Å². The first-order valence-electron chi connectivity index (χ1n) is 7.23. The summed E-state index contributed by atoms with van der Waals surface area (Å²) >= 11 is 1.36. The topological polar surface area (TPSA) is 70.7 Å². The maximum absolute atomic E-state index is 13.0. The number of imidazole rings is 1. The second kappa shape index (κ2) is 5.31. The summed E-state index contributed by atoms with van der Waals surface area (Å²) in [6, 6.07) is 5.61. The van der Waals surface area contributed by atoms with E-state index in [-0.39, 0.29) is 5.82 Å². The van der Waals surface area contributed by atoms with E-state index in [0.29, 0.717) is 28.8 Å². The molecule has 1 aliphatic rings. The Labute approximate surface area is 134 Å². The Hall–Kier alpha value is -2.48. The quantitative estimate of drug-likeness (QED) is 0.798. The van der Waals surface area contributed by atoms with Crippen molar-refractivity contribution in [2.24, 2.45) is 0 Å². The van der Waals surface area contributed by atoms with Crippen LogP contribution in [0.15, 0.2) is 30.5 Å². The number of hydrogen-bond acceptors (Lipinski definition) is 5. The Kier molecular flexibility index (Phi) is 3.26. The van der Waals surface area contributed by atoms with Crippen molar-refractivity contribution in [2.75, 3.05) is 11.4 Å².